The van der Waals surface area contributed by atoms with E-state index < -0.39 is 17.2 Å². The maximum absolute atomic E-state index is 14.3. The summed E-state index contributed by atoms with van der Waals surface area (Å²) in [5.41, 5.74) is -1.50. The predicted octanol–water partition coefficient (Wildman–Crippen LogP) is 2.95. The molecule has 1 atom stereocenters. The van der Waals surface area contributed by atoms with Gasteiger partial charge in [-0.3, -0.25) is 0 Å². The second-order valence-electron chi connectivity index (χ2n) is 6.31. The molecule has 5 nitrogen and oxygen atoms in total. The number of thiocarbonyl (C=S) groups is 1. The van der Waals surface area contributed by atoms with E-state index in [0.717, 1.165) is 42.4 Å². The fourth-order valence-corrected chi connectivity index (χ4v) is 4.46. The number of hydrogen-bond donors (Lipinski definition) is 1. The van der Waals surface area contributed by atoms with Crippen LogP contribution in [-0.4, -0.2) is 47.9 Å². The van der Waals surface area contributed by atoms with E-state index >= 15 is 0 Å². The second-order valence-corrected chi connectivity index (χ2v) is 8.04. The van der Waals surface area contributed by atoms with Crippen molar-refractivity contribution in [2.45, 2.75) is 31.4 Å². The Morgan fingerprint density at radius 1 is 1.31 bits per heavy atom. The summed E-state index contributed by atoms with van der Waals surface area (Å²) in [5, 5.41) is 15.2. The van der Waals surface area contributed by atoms with Crippen LogP contribution in [0.2, 0.25) is 0 Å². The summed E-state index contributed by atoms with van der Waals surface area (Å²) < 4.78 is 29.8. The van der Waals surface area contributed by atoms with Crippen LogP contribution < -0.4 is 0 Å². The van der Waals surface area contributed by atoms with Gasteiger partial charge in [0.2, 0.25) is 0 Å². The molecule has 1 aliphatic heterocycles. The quantitative estimate of drug-likeness (QED) is 0.755. The number of benzene rings is 1. The lowest BCUT2D eigenvalue weighted by Crippen LogP contribution is -2.34. The van der Waals surface area contributed by atoms with Gasteiger partial charge in [0.15, 0.2) is 0 Å². The molecule has 1 aromatic heterocycles. The van der Waals surface area contributed by atoms with Crippen molar-refractivity contribution in [3.05, 3.63) is 48.1 Å². The van der Waals surface area contributed by atoms with Gasteiger partial charge in [-0.2, -0.15) is 5.10 Å². The fraction of sp³-hybridized carbons (Fsp3) is 0.471. The van der Waals surface area contributed by atoms with E-state index in [9.17, 15) is 13.9 Å². The molecule has 0 bridgehead atoms. The molecular formula is C17H20F2N4OS2. The number of thioether (sulfide) groups is 1. The van der Waals surface area contributed by atoms with E-state index in [-0.39, 0.29) is 18.5 Å². The summed E-state index contributed by atoms with van der Waals surface area (Å²) >= 11 is 6.91. The minimum Gasteiger partial charge on any atom is -0.383 e. The highest BCUT2D eigenvalue weighted by atomic mass is 32.2. The minimum absolute atomic E-state index is 0.0204. The molecule has 1 aliphatic rings. The predicted molar refractivity (Wildman–Crippen MR) is 101 cm³/mol. The maximum atomic E-state index is 14.3. The monoisotopic (exact) mass is 398 g/mol. The Morgan fingerprint density at radius 3 is 2.73 bits per heavy atom. The molecule has 0 spiro atoms. The molecule has 2 heterocycles. The van der Waals surface area contributed by atoms with Crippen molar-refractivity contribution in [3.8, 4) is 0 Å². The van der Waals surface area contributed by atoms with Crippen LogP contribution >= 0.6 is 24.0 Å². The Hall–Kier alpha value is -1.58. The molecule has 0 saturated carbocycles. The molecule has 0 amide bonds. The maximum Gasteiger partial charge on any atom is 0.137 e. The number of aliphatic hydroxyl groups is 1. The molecule has 1 aromatic carbocycles. The van der Waals surface area contributed by atoms with Crippen LogP contribution in [-0.2, 0) is 12.1 Å². The van der Waals surface area contributed by atoms with Gasteiger partial charge in [0.05, 0.1) is 6.54 Å². The van der Waals surface area contributed by atoms with E-state index in [1.165, 1.54) is 35.2 Å². The first-order chi connectivity index (χ1) is 12.5. The van der Waals surface area contributed by atoms with Gasteiger partial charge in [-0.1, -0.05) is 30.0 Å². The van der Waals surface area contributed by atoms with Crippen molar-refractivity contribution >= 4 is 28.3 Å². The Bertz CT molecular complexity index is 753. The van der Waals surface area contributed by atoms with Gasteiger partial charge >= 0.3 is 0 Å². The summed E-state index contributed by atoms with van der Waals surface area (Å²) in [5.74, 6) is -0.948. The smallest absolute Gasteiger partial charge is 0.137 e. The molecule has 2 aromatic rings. The average Bonchev–Trinajstić information content (AvgIpc) is 3.28. The summed E-state index contributed by atoms with van der Waals surface area (Å²) in [6.45, 7) is 1.94. The Kier molecular flexibility index (Phi) is 6.20. The van der Waals surface area contributed by atoms with Crippen LogP contribution in [0.3, 0.4) is 0 Å². The molecule has 9 heteroatoms. The second kappa shape index (κ2) is 8.41. The van der Waals surface area contributed by atoms with Gasteiger partial charge < -0.3 is 10.0 Å². The van der Waals surface area contributed by atoms with Crippen molar-refractivity contribution in [3.63, 3.8) is 0 Å². The van der Waals surface area contributed by atoms with Crippen LogP contribution in [0.4, 0.5) is 8.78 Å². The summed E-state index contributed by atoms with van der Waals surface area (Å²) in [6.07, 6.45) is 5.32. The molecule has 140 valence electrons. The molecule has 3 rings (SSSR count). The van der Waals surface area contributed by atoms with E-state index in [0.29, 0.717) is 5.75 Å². The van der Waals surface area contributed by atoms with Gasteiger partial charge in [-0.05, 0) is 25.3 Å². The van der Waals surface area contributed by atoms with Crippen LogP contribution in [0.15, 0.2) is 30.9 Å². The van der Waals surface area contributed by atoms with Crippen LogP contribution in [0.25, 0.3) is 0 Å². The molecular weight excluding hydrogens is 378 g/mol. The topological polar surface area (TPSA) is 54.2 Å². The number of aromatic nitrogens is 3. The molecule has 26 heavy (non-hydrogen) atoms. The molecule has 1 N–H and O–H groups in total. The third-order valence-corrected chi connectivity index (χ3v) is 5.95. The third-order valence-electron chi connectivity index (χ3n) is 4.43. The SMILES string of the molecule is O[C@@](CCSC(=S)N1CCCC1)(Cn1cncn1)c1ccc(F)cc1F. The third kappa shape index (κ3) is 4.57. The van der Waals surface area contributed by atoms with Crippen molar-refractivity contribution in [1.82, 2.24) is 19.7 Å². The van der Waals surface area contributed by atoms with Crippen molar-refractivity contribution in [1.29, 1.82) is 0 Å². The summed E-state index contributed by atoms with van der Waals surface area (Å²) in [6, 6.07) is 3.21. The molecule has 0 unspecified atom stereocenters. The summed E-state index contributed by atoms with van der Waals surface area (Å²) in [4.78, 5) is 6.00. The first-order valence-electron chi connectivity index (χ1n) is 8.40. The highest BCUT2D eigenvalue weighted by Gasteiger charge is 2.33. The van der Waals surface area contributed by atoms with Crippen LogP contribution in [0.5, 0.6) is 0 Å². The van der Waals surface area contributed by atoms with E-state index in [2.05, 4.69) is 15.0 Å². The Morgan fingerprint density at radius 2 is 2.08 bits per heavy atom. The van der Waals surface area contributed by atoms with Crippen molar-refractivity contribution in [2.75, 3.05) is 18.8 Å². The fourth-order valence-electron chi connectivity index (χ4n) is 3.05. The lowest BCUT2D eigenvalue weighted by atomic mass is 9.90. The van der Waals surface area contributed by atoms with E-state index in [4.69, 9.17) is 12.2 Å². The molecule has 0 radical (unpaired) electrons. The highest BCUT2D eigenvalue weighted by Crippen LogP contribution is 2.31. The number of hydrogen-bond acceptors (Lipinski definition) is 5. The average molecular weight is 399 g/mol. The van der Waals surface area contributed by atoms with Gasteiger partial charge in [0.25, 0.3) is 0 Å². The molecule has 0 aliphatic carbocycles. The van der Waals surface area contributed by atoms with Gasteiger partial charge in [-0.15, -0.1) is 0 Å². The van der Waals surface area contributed by atoms with Crippen molar-refractivity contribution < 1.29 is 13.9 Å². The van der Waals surface area contributed by atoms with Crippen LogP contribution in [0.1, 0.15) is 24.8 Å². The number of likely N-dealkylation sites (tertiary alicyclic amines) is 1. The lowest BCUT2D eigenvalue weighted by molar-refractivity contribution is 0.00877. The van der Waals surface area contributed by atoms with E-state index in [1.807, 2.05) is 0 Å². The lowest BCUT2D eigenvalue weighted by Gasteiger charge is -2.29. The molecule has 1 fully saturated rings. The zero-order chi connectivity index (χ0) is 18.6. The highest BCUT2D eigenvalue weighted by molar-refractivity contribution is 8.22. The minimum atomic E-state index is -1.54. The standard InChI is InChI=1S/C17H20F2N4OS2/c18-13-3-4-14(15(19)9-13)17(24,10-23-12-20-11-21-23)5-8-26-16(25)22-6-1-2-7-22/h3-4,9,11-12,24H,1-2,5-8,10H2/t17-/m0/s1. The van der Waals surface area contributed by atoms with Gasteiger partial charge in [0, 0.05) is 30.5 Å². The van der Waals surface area contributed by atoms with Crippen molar-refractivity contribution in [2.24, 2.45) is 0 Å². The Balaban J connectivity index is 1.73. The molecule has 1 saturated heterocycles. The van der Waals surface area contributed by atoms with Gasteiger partial charge in [0.1, 0.15) is 34.2 Å². The zero-order valence-electron chi connectivity index (χ0n) is 14.1. The Labute approximate surface area is 160 Å². The summed E-state index contributed by atoms with van der Waals surface area (Å²) in [7, 11) is 0. The first kappa shape index (κ1) is 19.2. The van der Waals surface area contributed by atoms with E-state index in [1.54, 1.807) is 0 Å². The van der Waals surface area contributed by atoms with Crippen LogP contribution in [0, 0.1) is 11.6 Å². The van der Waals surface area contributed by atoms with Gasteiger partial charge in [-0.25, -0.2) is 18.4 Å². The normalized spacial score (nSPS) is 16.7. The largest absolute Gasteiger partial charge is 0.383 e. The zero-order valence-corrected chi connectivity index (χ0v) is 15.8. The number of halogens is 2. The number of nitrogens with zero attached hydrogens (tertiary/aromatic N) is 4. The first-order valence-corrected chi connectivity index (χ1v) is 9.79. The number of rotatable bonds is 6.